The molecular formula is C21H26Cl2Zr. The van der Waals surface area contributed by atoms with Crippen LogP contribution in [-0.4, -0.2) is 0 Å². The number of aryl methyl sites for hydroxylation is 2. The van der Waals surface area contributed by atoms with Crippen molar-refractivity contribution in [3.05, 3.63) is 58.7 Å². The monoisotopic (exact) mass is 438 g/mol. The van der Waals surface area contributed by atoms with E-state index < -0.39 is 20.8 Å². The number of halogens is 2. The molecule has 0 nitrogen and oxygen atoms in total. The zero-order valence-electron chi connectivity index (χ0n) is 14.7. The van der Waals surface area contributed by atoms with E-state index in [1.54, 1.807) is 0 Å². The van der Waals surface area contributed by atoms with Gasteiger partial charge in [0, 0.05) is 0 Å². The normalized spacial score (nSPS) is 11.3. The molecule has 0 N–H and O–H groups in total. The molecule has 3 heteroatoms. The molecule has 0 radical (unpaired) electrons. The first-order chi connectivity index (χ1) is 11.7. The number of hydrogen-bond acceptors (Lipinski definition) is 0. The minimum atomic E-state index is -0.826. The Morgan fingerprint density at radius 2 is 1.21 bits per heavy atom. The Hall–Kier alpha value is -0.0969. The average molecular weight is 441 g/mol. The average Bonchev–Trinajstić information content (AvgIpc) is 2.95. The van der Waals surface area contributed by atoms with Crippen molar-refractivity contribution in [1.29, 1.82) is 0 Å². The Bertz CT molecular complexity index is 597. The van der Waals surface area contributed by atoms with Crippen molar-refractivity contribution in [2.24, 2.45) is 0 Å². The van der Waals surface area contributed by atoms with Crippen molar-refractivity contribution in [3.63, 3.8) is 0 Å². The second-order valence-corrected chi connectivity index (χ2v) is 10.2. The van der Waals surface area contributed by atoms with Crippen LogP contribution in [0.25, 0.3) is 11.1 Å². The molecule has 1 aliphatic carbocycles. The zero-order valence-corrected chi connectivity index (χ0v) is 18.6. The van der Waals surface area contributed by atoms with E-state index in [1.165, 1.54) is 71.9 Å². The second-order valence-electron chi connectivity index (χ2n) is 6.44. The predicted octanol–water partition coefficient (Wildman–Crippen LogP) is 7.32. The van der Waals surface area contributed by atoms with Crippen molar-refractivity contribution in [3.8, 4) is 11.1 Å². The van der Waals surface area contributed by atoms with Crippen molar-refractivity contribution >= 4 is 17.0 Å². The third-order valence-electron chi connectivity index (χ3n) is 4.65. The van der Waals surface area contributed by atoms with Gasteiger partial charge in [0.15, 0.2) is 0 Å². The van der Waals surface area contributed by atoms with Crippen LogP contribution in [0.5, 0.6) is 0 Å². The van der Waals surface area contributed by atoms with Gasteiger partial charge >= 0.3 is 37.9 Å². The molecule has 128 valence electrons. The SMILES string of the molecule is CCCCc1ccc2c(c1)Cc1cc(CCCC)ccc1-2.[Cl][Zr][Cl]. The Kier molecular flexibility index (Phi) is 9.09. The van der Waals surface area contributed by atoms with Gasteiger partial charge in [-0.15, -0.1) is 0 Å². The number of fused-ring (bicyclic) bond motifs is 3. The molecule has 0 bridgehead atoms. The van der Waals surface area contributed by atoms with Crippen molar-refractivity contribution in [2.45, 2.75) is 58.8 Å². The topological polar surface area (TPSA) is 0 Å². The van der Waals surface area contributed by atoms with E-state index in [2.05, 4.69) is 50.2 Å². The van der Waals surface area contributed by atoms with E-state index >= 15 is 0 Å². The summed E-state index contributed by atoms with van der Waals surface area (Å²) in [7, 11) is 9.87. The molecule has 0 spiro atoms. The molecule has 2 aromatic carbocycles. The van der Waals surface area contributed by atoms with Gasteiger partial charge in [0.2, 0.25) is 0 Å². The van der Waals surface area contributed by atoms with Crippen LogP contribution in [0, 0.1) is 0 Å². The fourth-order valence-electron chi connectivity index (χ4n) is 3.39. The Morgan fingerprint density at radius 3 is 1.58 bits per heavy atom. The van der Waals surface area contributed by atoms with Gasteiger partial charge in [-0.2, -0.15) is 0 Å². The molecule has 24 heavy (non-hydrogen) atoms. The van der Waals surface area contributed by atoms with Crippen molar-refractivity contribution in [2.75, 3.05) is 0 Å². The molecule has 0 fully saturated rings. The van der Waals surface area contributed by atoms with Crippen molar-refractivity contribution < 1.29 is 20.8 Å². The van der Waals surface area contributed by atoms with Gasteiger partial charge in [-0.1, -0.05) is 63.1 Å². The van der Waals surface area contributed by atoms with E-state index in [0.717, 1.165) is 6.42 Å². The number of benzene rings is 2. The van der Waals surface area contributed by atoms with Crippen LogP contribution >= 0.6 is 17.0 Å². The van der Waals surface area contributed by atoms with Crippen LogP contribution in [0.15, 0.2) is 36.4 Å². The summed E-state index contributed by atoms with van der Waals surface area (Å²) in [5.74, 6) is 0. The van der Waals surface area contributed by atoms with Gasteiger partial charge < -0.3 is 0 Å². The third-order valence-corrected chi connectivity index (χ3v) is 4.65. The van der Waals surface area contributed by atoms with Gasteiger partial charge in [-0.3, -0.25) is 0 Å². The minimum absolute atomic E-state index is 0.826. The van der Waals surface area contributed by atoms with Crippen LogP contribution in [0.3, 0.4) is 0 Å². The van der Waals surface area contributed by atoms with Gasteiger partial charge in [-0.25, -0.2) is 0 Å². The standard InChI is InChI=1S/C21H26.2ClH.Zr/c1-3-5-7-16-9-11-20-18(13-16)15-19-14-17(8-6-4-2)10-12-21(19)20;;;/h9-14H,3-8,15H2,1-2H3;2*1H;/q;;;+2/p-2. The van der Waals surface area contributed by atoms with Crippen LogP contribution in [0.2, 0.25) is 0 Å². The summed E-state index contributed by atoms with van der Waals surface area (Å²) in [6.45, 7) is 4.53. The first-order valence-electron chi connectivity index (χ1n) is 8.93. The molecule has 0 amide bonds. The maximum absolute atomic E-state index is 4.93. The summed E-state index contributed by atoms with van der Waals surface area (Å²) >= 11 is -0.826. The first kappa shape index (κ1) is 20.2. The zero-order chi connectivity index (χ0) is 17.4. The molecule has 0 saturated heterocycles. The molecule has 3 rings (SSSR count). The summed E-state index contributed by atoms with van der Waals surface area (Å²) < 4.78 is 0. The molecule has 0 aromatic heterocycles. The first-order valence-corrected chi connectivity index (χ1v) is 15.3. The summed E-state index contributed by atoms with van der Waals surface area (Å²) in [5.41, 5.74) is 9.02. The van der Waals surface area contributed by atoms with Crippen LogP contribution in [-0.2, 0) is 40.1 Å². The molecule has 1 aliphatic rings. The summed E-state index contributed by atoms with van der Waals surface area (Å²) in [6, 6.07) is 14.2. The third kappa shape index (κ3) is 5.45. The molecular weight excluding hydrogens is 414 g/mol. The maximum atomic E-state index is 4.93. The number of hydrogen-bond donors (Lipinski definition) is 0. The van der Waals surface area contributed by atoms with E-state index in [1.807, 2.05) is 0 Å². The summed E-state index contributed by atoms with van der Waals surface area (Å²) in [5, 5.41) is 0. The van der Waals surface area contributed by atoms with Gasteiger partial charge in [0.05, 0.1) is 0 Å². The summed E-state index contributed by atoms with van der Waals surface area (Å²) in [6.07, 6.45) is 8.73. The molecule has 0 saturated carbocycles. The van der Waals surface area contributed by atoms with Crippen molar-refractivity contribution in [1.82, 2.24) is 0 Å². The van der Waals surface area contributed by atoms with E-state index in [-0.39, 0.29) is 0 Å². The fourth-order valence-corrected chi connectivity index (χ4v) is 3.39. The van der Waals surface area contributed by atoms with Gasteiger partial charge in [0.25, 0.3) is 0 Å². The Labute approximate surface area is 165 Å². The van der Waals surface area contributed by atoms with E-state index in [9.17, 15) is 0 Å². The second kappa shape index (κ2) is 10.8. The van der Waals surface area contributed by atoms with Crippen LogP contribution in [0.1, 0.15) is 61.8 Å². The predicted molar refractivity (Wildman–Crippen MR) is 104 cm³/mol. The Balaban J connectivity index is 0.000000647. The molecule has 0 atom stereocenters. The number of rotatable bonds is 6. The number of unbranched alkanes of at least 4 members (excludes halogenated alkanes) is 2. The molecule has 0 heterocycles. The Morgan fingerprint density at radius 1 is 0.792 bits per heavy atom. The van der Waals surface area contributed by atoms with Crippen LogP contribution < -0.4 is 0 Å². The fraction of sp³-hybridized carbons (Fsp3) is 0.429. The van der Waals surface area contributed by atoms with E-state index in [4.69, 9.17) is 17.0 Å². The summed E-state index contributed by atoms with van der Waals surface area (Å²) in [4.78, 5) is 0. The molecule has 0 unspecified atom stereocenters. The van der Waals surface area contributed by atoms with E-state index in [0.29, 0.717) is 0 Å². The van der Waals surface area contributed by atoms with Gasteiger partial charge in [0.1, 0.15) is 0 Å². The van der Waals surface area contributed by atoms with Crippen LogP contribution in [0.4, 0.5) is 0 Å². The molecule has 2 aromatic rings. The van der Waals surface area contributed by atoms with Gasteiger partial charge in [-0.05, 0) is 65.5 Å². The quantitative estimate of drug-likeness (QED) is 0.377. The molecule has 0 aliphatic heterocycles.